The van der Waals surface area contributed by atoms with Gasteiger partial charge in [0.25, 0.3) is 0 Å². The van der Waals surface area contributed by atoms with Crippen LogP contribution >= 0.6 is 0 Å². The van der Waals surface area contributed by atoms with Crippen molar-refractivity contribution in [1.82, 2.24) is 25.4 Å². The van der Waals surface area contributed by atoms with Crippen LogP contribution in [0.15, 0.2) is 41.9 Å². The molecule has 0 radical (unpaired) electrons. The Morgan fingerprint density at radius 2 is 2.04 bits per heavy atom. The standard InChI is InChI=1S/C18H28N6/c1-5-20-18(23-15(4)14(2)3)21-10-16-7-6-8-17(9-16)11-24-13-19-12-22-24/h6-9,12-15H,5,10-11H2,1-4H3,(H2,20,21,23). The highest BCUT2D eigenvalue weighted by Gasteiger charge is 2.08. The lowest BCUT2D eigenvalue weighted by molar-refractivity contribution is 0.481. The summed E-state index contributed by atoms with van der Waals surface area (Å²) in [5.41, 5.74) is 2.38. The van der Waals surface area contributed by atoms with E-state index in [1.807, 2.05) is 4.68 Å². The van der Waals surface area contributed by atoms with E-state index >= 15 is 0 Å². The number of hydrogen-bond donors (Lipinski definition) is 2. The summed E-state index contributed by atoms with van der Waals surface area (Å²) < 4.78 is 1.82. The molecule has 0 saturated heterocycles. The fourth-order valence-electron chi connectivity index (χ4n) is 2.20. The highest BCUT2D eigenvalue weighted by Crippen LogP contribution is 2.08. The summed E-state index contributed by atoms with van der Waals surface area (Å²) in [7, 11) is 0. The first kappa shape index (κ1) is 18.0. The second-order valence-corrected chi connectivity index (χ2v) is 6.29. The summed E-state index contributed by atoms with van der Waals surface area (Å²) in [5.74, 6) is 1.42. The van der Waals surface area contributed by atoms with E-state index in [-0.39, 0.29) is 0 Å². The van der Waals surface area contributed by atoms with Crippen molar-refractivity contribution < 1.29 is 0 Å². The van der Waals surface area contributed by atoms with Gasteiger partial charge in [0.1, 0.15) is 12.7 Å². The van der Waals surface area contributed by atoms with E-state index in [1.165, 1.54) is 11.1 Å². The Kier molecular flexibility index (Phi) is 6.78. The van der Waals surface area contributed by atoms with E-state index < -0.39 is 0 Å². The van der Waals surface area contributed by atoms with Crippen LogP contribution in [0.4, 0.5) is 0 Å². The summed E-state index contributed by atoms with van der Waals surface area (Å²) >= 11 is 0. The number of benzene rings is 1. The Hall–Kier alpha value is -2.37. The van der Waals surface area contributed by atoms with Crippen molar-refractivity contribution in [1.29, 1.82) is 0 Å². The molecule has 0 fully saturated rings. The fraction of sp³-hybridized carbons (Fsp3) is 0.500. The first-order chi connectivity index (χ1) is 11.6. The molecule has 1 heterocycles. The van der Waals surface area contributed by atoms with Crippen molar-refractivity contribution >= 4 is 5.96 Å². The molecular formula is C18H28N6. The molecule has 0 aliphatic heterocycles. The number of guanidine groups is 1. The van der Waals surface area contributed by atoms with Gasteiger partial charge in [-0.2, -0.15) is 5.10 Å². The Bertz CT molecular complexity index is 633. The molecule has 1 unspecified atom stereocenters. The van der Waals surface area contributed by atoms with Gasteiger partial charge in [0.05, 0.1) is 13.1 Å². The molecule has 0 bridgehead atoms. The SMILES string of the molecule is CCNC(=NCc1cccc(Cn2cncn2)c1)NC(C)C(C)C. The third-order valence-corrected chi connectivity index (χ3v) is 3.93. The summed E-state index contributed by atoms with van der Waals surface area (Å²) in [4.78, 5) is 8.68. The minimum Gasteiger partial charge on any atom is -0.357 e. The summed E-state index contributed by atoms with van der Waals surface area (Å²) in [6, 6.07) is 8.80. The third kappa shape index (κ3) is 5.68. The van der Waals surface area contributed by atoms with Gasteiger partial charge in [-0.25, -0.2) is 14.7 Å². The number of nitrogens with one attached hydrogen (secondary N) is 2. The average molecular weight is 328 g/mol. The van der Waals surface area contributed by atoms with Crippen LogP contribution in [0.2, 0.25) is 0 Å². The van der Waals surface area contributed by atoms with Crippen molar-refractivity contribution in [3.05, 3.63) is 48.0 Å². The van der Waals surface area contributed by atoms with Gasteiger partial charge in [-0.05, 0) is 30.9 Å². The van der Waals surface area contributed by atoms with Crippen LogP contribution in [0.5, 0.6) is 0 Å². The number of nitrogens with zero attached hydrogens (tertiary/aromatic N) is 4. The number of hydrogen-bond acceptors (Lipinski definition) is 3. The monoisotopic (exact) mass is 328 g/mol. The quantitative estimate of drug-likeness (QED) is 0.605. The lowest BCUT2D eigenvalue weighted by atomic mass is 10.1. The van der Waals surface area contributed by atoms with E-state index in [1.54, 1.807) is 12.7 Å². The highest BCUT2D eigenvalue weighted by atomic mass is 15.3. The van der Waals surface area contributed by atoms with Crippen molar-refractivity contribution in [3.63, 3.8) is 0 Å². The molecule has 1 aromatic carbocycles. The van der Waals surface area contributed by atoms with Crippen LogP contribution < -0.4 is 10.6 Å². The first-order valence-corrected chi connectivity index (χ1v) is 8.53. The van der Waals surface area contributed by atoms with Crippen molar-refractivity contribution in [2.24, 2.45) is 10.9 Å². The smallest absolute Gasteiger partial charge is 0.191 e. The lowest BCUT2D eigenvalue weighted by Gasteiger charge is -2.20. The Labute approximate surface area is 144 Å². The minimum absolute atomic E-state index is 0.376. The maximum absolute atomic E-state index is 4.70. The molecule has 1 atom stereocenters. The molecule has 0 saturated carbocycles. The van der Waals surface area contributed by atoms with Gasteiger partial charge in [0.15, 0.2) is 5.96 Å². The first-order valence-electron chi connectivity index (χ1n) is 8.53. The largest absolute Gasteiger partial charge is 0.357 e. The molecule has 2 N–H and O–H groups in total. The zero-order valence-corrected chi connectivity index (χ0v) is 15.0. The molecule has 24 heavy (non-hydrogen) atoms. The second-order valence-electron chi connectivity index (χ2n) is 6.29. The van der Waals surface area contributed by atoms with E-state index in [2.05, 4.69) is 72.7 Å². The van der Waals surface area contributed by atoms with Crippen LogP contribution in [0.25, 0.3) is 0 Å². The molecule has 2 aromatic rings. The zero-order chi connectivity index (χ0) is 17.4. The minimum atomic E-state index is 0.376. The Morgan fingerprint density at radius 3 is 2.71 bits per heavy atom. The molecule has 2 rings (SSSR count). The molecule has 0 aliphatic rings. The Balaban J connectivity index is 2.02. The van der Waals surface area contributed by atoms with E-state index in [0.29, 0.717) is 18.5 Å². The van der Waals surface area contributed by atoms with Crippen molar-refractivity contribution in [2.45, 2.75) is 46.8 Å². The van der Waals surface area contributed by atoms with Crippen LogP contribution in [0.3, 0.4) is 0 Å². The Morgan fingerprint density at radius 1 is 1.25 bits per heavy atom. The molecule has 0 spiro atoms. The van der Waals surface area contributed by atoms with Crippen LogP contribution in [-0.2, 0) is 13.1 Å². The molecule has 0 amide bonds. The number of aliphatic imine (C=N–C) groups is 1. The van der Waals surface area contributed by atoms with Crippen molar-refractivity contribution in [3.8, 4) is 0 Å². The molecule has 1 aromatic heterocycles. The lowest BCUT2D eigenvalue weighted by Crippen LogP contribution is -2.44. The van der Waals surface area contributed by atoms with Gasteiger partial charge in [0, 0.05) is 12.6 Å². The van der Waals surface area contributed by atoms with Gasteiger partial charge in [-0.15, -0.1) is 0 Å². The van der Waals surface area contributed by atoms with Crippen LogP contribution in [0.1, 0.15) is 38.8 Å². The summed E-state index contributed by atoms with van der Waals surface area (Å²) in [5, 5.41) is 10.9. The van der Waals surface area contributed by atoms with Gasteiger partial charge in [-0.3, -0.25) is 0 Å². The zero-order valence-electron chi connectivity index (χ0n) is 15.0. The molecule has 6 nitrogen and oxygen atoms in total. The molecule has 130 valence electrons. The topological polar surface area (TPSA) is 67.1 Å². The van der Waals surface area contributed by atoms with E-state index in [9.17, 15) is 0 Å². The van der Waals surface area contributed by atoms with Crippen LogP contribution in [-0.4, -0.2) is 33.3 Å². The molecular weight excluding hydrogens is 300 g/mol. The van der Waals surface area contributed by atoms with Crippen molar-refractivity contribution in [2.75, 3.05) is 6.54 Å². The fourth-order valence-corrected chi connectivity index (χ4v) is 2.20. The highest BCUT2D eigenvalue weighted by molar-refractivity contribution is 5.80. The third-order valence-electron chi connectivity index (χ3n) is 3.93. The van der Waals surface area contributed by atoms with Crippen LogP contribution in [0, 0.1) is 5.92 Å². The average Bonchev–Trinajstić information content (AvgIpc) is 3.06. The maximum atomic E-state index is 4.70. The molecule has 0 aliphatic carbocycles. The number of aromatic nitrogens is 3. The van der Waals surface area contributed by atoms with Gasteiger partial charge >= 0.3 is 0 Å². The molecule has 6 heteroatoms. The normalized spacial score (nSPS) is 13.1. The number of rotatable bonds is 7. The predicted octanol–water partition coefficient (Wildman–Crippen LogP) is 2.43. The summed E-state index contributed by atoms with van der Waals surface area (Å²) in [6.07, 6.45) is 3.28. The van der Waals surface area contributed by atoms with Gasteiger partial charge in [0.2, 0.25) is 0 Å². The van der Waals surface area contributed by atoms with E-state index in [0.717, 1.165) is 19.0 Å². The summed E-state index contributed by atoms with van der Waals surface area (Å²) in [6.45, 7) is 10.9. The second kappa shape index (κ2) is 9.05. The predicted molar refractivity (Wildman–Crippen MR) is 97.8 cm³/mol. The maximum Gasteiger partial charge on any atom is 0.191 e. The van der Waals surface area contributed by atoms with Gasteiger partial charge in [-0.1, -0.05) is 38.1 Å². The van der Waals surface area contributed by atoms with Gasteiger partial charge < -0.3 is 10.6 Å². The van der Waals surface area contributed by atoms with E-state index in [4.69, 9.17) is 4.99 Å².